The Morgan fingerprint density at radius 3 is 1.57 bits per heavy atom. The maximum Gasteiger partial charge on any atom is 0.289 e. The van der Waals surface area contributed by atoms with Gasteiger partial charge in [0.2, 0.25) is 0 Å². The van der Waals surface area contributed by atoms with Gasteiger partial charge in [-0.25, -0.2) is 0 Å². The van der Waals surface area contributed by atoms with Gasteiger partial charge in [0.05, 0.1) is 0 Å². The standard InChI is InChI=1S/CH4O4S.H3N/c2-1-6(3,4)5;/h2H,1H2,(H,3,4,5);1H3. The summed E-state index contributed by atoms with van der Waals surface area (Å²) in [5, 5.41) is 7.56. The SMILES string of the molecule is N.O=S(=O)(O)CO. The van der Waals surface area contributed by atoms with E-state index < -0.39 is 16.1 Å². The molecular weight excluding hydrogens is 122 g/mol. The summed E-state index contributed by atoms with van der Waals surface area (Å²) in [5.74, 6) is -1.20. The van der Waals surface area contributed by atoms with Crippen molar-refractivity contribution in [3.63, 3.8) is 0 Å². The van der Waals surface area contributed by atoms with Crippen molar-refractivity contribution in [3.05, 3.63) is 0 Å². The van der Waals surface area contributed by atoms with E-state index in [1.165, 1.54) is 0 Å². The average Bonchev–Trinajstić information content (AvgIpc) is 1.35. The Bertz CT molecular complexity index is 114. The van der Waals surface area contributed by atoms with Gasteiger partial charge in [0.25, 0.3) is 10.1 Å². The first-order chi connectivity index (χ1) is 2.56. The van der Waals surface area contributed by atoms with Crippen molar-refractivity contribution in [2.75, 3.05) is 5.94 Å². The molecule has 0 bridgehead atoms. The molecule has 0 fully saturated rings. The van der Waals surface area contributed by atoms with Crippen LogP contribution in [-0.4, -0.2) is 24.0 Å². The number of hydrogen-bond acceptors (Lipinski definition) is 4. The Morgan fingerprint density at radius 1 is 1.43 bits per heavy atom. The molecule has 0 rings (SSSR count). The molecule has 0 aliphatic rings. The number of hydrogen-bond donors (Lipinski definition) is 3. The summed E-state index contributed by atoms with van der Waals surface area (Å²) in [6.45, 7) is 0. The molecule has 7 heavy (non-hydrogen) atoms. The molecule has 6 heteroatoms. The molecule has 0 aliphatic heterocycles. The third-order valence-corrected chi connectivity index (χ3v) is 0.489. The van der Waals surface area contributed by atoms with E-state index in [2.05, 4.69) is 0 Å². The summed E-state index contributed by atoms with van der Waals surface area (Å²) in [4.78, 5) is 0. The number of rotatable bonds is 1. The molecule has 0 amide bonds. The molecule has 46 valence electrons. The molecule has 5 nitrogen and oxygen atoms in total. The second-order valence-electron chi connectivity index (χ2n) is 0.711. The molecule has 0 saturated heterocycles. The number of aliphatic hydroxyl groups excluding tert-OH is 1. The molecule has 0 unspecified atom stereocenters. The summed E-state index contributed by atoms with van der Waals surface area (Å²) < 4.78 is 26.2. The lowest BCUT2D eigenvalue weighted by Gasteiger charge is -1.79. The van der Waals surface area contributed by atoms with E-state index in [0.29, 0.717) is 0 Å². The minimum Gasteiger partial charge on any atom is -0.378 e. The minimum absolute atomic E-state index is 0. The molecule has 5 N–H and O–H groups in total. The van der Waals surface area contributed by atoms with Crippen LogP contribution < -0.4 is 6.15 Å². The topological polar surface area (TPSA) is 110 Å². The second kappa shape index (κ2) is 2.92. The monoisotopic (exact) mass is 129 g/mol. The predicted molar refractivity (Wildman–Crippen MR) is 23.7 cm³/mol. The van der Waals surface area contributed by atoms with Crippen molar-refractivity contribution in [2.24, 2.45) is 0 Å². The molecule has 0 saturated carbocycles. The van der Waals surface area contributed by atoms with Crippen molar-refractivity contribution in [3.8, 4) is 0 Å². The summed E-state index contributed by atoms with van der Waals surface area (Å²) in [6.07, 6.45) is 0. The van der Waals surface area contributed by atoms with Crippen LogP contribution in [0.15, 0.2) is 0 Å². The Hall–Kier alpha value is -0.170. The first kappa shape index (κ1) is 9.95. The van der Waals surface area contributed by atoms with Gasteiger partial charge in [0.15, 0.2) is 5.94 Å². The highest BCUT2D eigenvalue weighted by Gasteiger charge is 1.95. The van der Waals surface area contributed by atoms with Gasteiger partial charge in [-0.05, 0) is 0 Å². The lowest BCUT2D eigenvalue weighted by molar-refractivity contribution is 0.336. The van der Waals surface area contributed by atoms with Crippen molar-refractivity contribution in [1.82, 2.24) is 6.15 Å². The smallest absolute Gasteiger partial charge is 0.289 e. The van der Waals surface area contributed by atoms with Crippen molar-refractivity contribution in [2.45, 2.75) is 0 Å². The molecule has 0 radical (unpaired) electrons. The predicted octanol–water partition coefficient (Wildman–Crippen LogP) is -1.01. The van der Waals surface area contributed by atoms with E-state index in [4.69, 9.17) is 9.66 Å². The fourth-order valence-corrected chi connectivity index (χ4v) is 0. The first-order valence-corrected chi connectivity index (χ1v) is 2.73. The molecule has 0 aromatic carbocycles. The third kappa shape index (κ3) is 10.7. The summed E-state index contributed by atoms with van der Waals surface area (Å²) >= 11 is 0. The Kier molecular flexibility index (Phi) is 4.14. The molecule has 0 aliphatic carbocycles. The second-order valence-corrected chi connectivity index (χ2v) is 2.13. The Balaban J connectivity index is 0. The average molecular weight is 129 g/mol. The Morgan fingerprint density at radius 2 is 1.57 bits per heavy atom. The Labute approximate surface area is 41.3 Å². The summed E-state index contributed by atoms with van der Waals surface area (Å²) in [5.41, 5.74) is 0. The molecule has 0 spiro atoms. The van der Waals surface area contributed by atoms with E-state index in [9.17, 15) is 8.42 Å². The van der Waals surface area contributed by atoms with Crippen LogP contribution in [0.1, 0.15) is 0 Å². The van der Waals surface area contributed by atoms with E-state index in [1.54, 1.807) is 0 Å². The maximum atomic E-state index is 9.31. The van der Waals surface area contributed by atoms with E-state index in [0.717, 1.165) is 0 Å². The van der Waals surface area contributed by atoms with Gasteiger partial charge in [-0.1, -0.05) is 0 Å². The van der Waals surface area contributed by atoms with Crippen LogP contribution in [-0.2, 0) is 10.1 Å². The van der Waals surface area contributed by atoms with Gasteiger partial charge in [-0.3, -0.25) is 4.55 Å². The molecule has 0 aromatic heterocycles. The normalized spacial score (nSPS) is 10.0. The van der Waals surface area contributed by atoms with E-state index in [-0.39, 0.29) is 6.15 Å². The first-order valence-electron chi connectivity index (χ1n) is 1.12. The lowest BCUT2D eigenvalue weighted by Crippen LogP contribution is -2.00. The van der Waals surface area contributed by atoms with Crippen LogP contribution >= 0.6 is 0 Å². The summed E-state index contributed by atoms with van der Waals surface area (Å²) in [7, 11) is -4.11. The zero-order valence-corrected chi connectivity index (χ0v) is 4.35. The molecule has 0 heterocycles. The van der Waals surface area contributed by atoms with Gasteiger partial charge >= 0.3 is 0 Å². The fraction of sp³-hybridized carbons (Fsp3) is 1.00. The third-order valence-electron chi connectivity index (χ3n) is 0.163. The van der Waals surface area contributed by atoms with Gasteiger partial charge in [-0.2, -0.15) is 8.42 Å². The quantitative estimate of drug-likeness (QED) is 0.393. The van der Waals surface area contributed by atoms with Crippen molar-refractivity contribution >= 4 is 10.1 Å². The van der Waals surface area contributed by atoms with E-state index in [1.807, 2.05) is 0 Å². The molecular formula is CH7NO4S. The van der Waals surface area contributed by atoms with Crippen LogP contribution in [0.3, 0.4) is 0 Å². The summed E-state index contributed by atoms with van der Waals surface area (Å²) in [6, 6.07) is 0. The van der Waals surface area contributed by atoms with Gasteiger partial charge < -0.3 is 11.3 Å². The highest BCUT2D eigenvalue weighted by Crippen LogP contribution is 1.70. The highest BCUT2D eigenvalue weighted by molar-refractivity contribution is 7.85. The zero-order chi connectivity index (χ0) is 5.21. The van der Waals surface area contributed by atoms with Crippen LogP contribution in [0, 0.1) is 0 Å². The van der Waals surface area contributed by atoms with Gasteiger partial charge in [0, 0.05) is 0 Å². The van der Waals surface area contributed by atoms with Crippen LogP contribution in [0.25, 0.3) is 0 Å². The van der Waals surface area contributed by atoms with Crippen molar-refractivity contribution in [1.29, 1.82) is 0 Å². The van der Waals surface area contributed by atoms with E-state index >= 15 is 0 Å². The van der Waals surface area contributed by atoms with Gasteiger partial charge in [-0.15, -0.1) is 0 Å². The minimum atomic E-state index is -4.11. The van der Waals surface area contributed by atoms with Crippen molar-refractivity contribution < 1.29 is 18.1 Å². The highest BCUT2D eigenvalue weighted by atomic mass is 32.2. The molecule has 0 aromatic rings. The molecule has 0 atom stereocenters. The maximum absolute atomic E-state index is 9.31. The fourth-order valence-electron chi connectivity index (χ4n) is 0. The lowest BCUT2D eigenvalue weighted by atomic mass is 11.7. The van der Waals surface area contributed by atoms with Crippen LogP contribution in [0.5, 0.6) is 0 Å². The van der Waals surface area contributed by atoms with Crippen LogP contribution in [0.2, 0.25) is 0 Å². The largest absolute Gasteiger partial charge is 0.378 e. The van der Waals surface area contributed by atoms with Crippen LogP contribution in [0.4, 0.5) is 0 Å². The number of aliphatic hydroxyl groups is 1. The van der Waals surface area contributed by atoms with Gasteiger partial charge in [0.1, 0.15) is 0 Å². The zero-order valence-electron chi connectivity index (χ0n) is 3.53.